The standard InChI is InChI=1S/C12H18F4O4/c1-2-4-9(18)20-10(19)5-7-12(15,16)11(13,14)6-3-8-17/h2,4,10,17,19H,3,5-8H2,1H3. The van der Waals surface area contributed by atoms with E-state index in [4.69, 9.17) is 10.2 Å². The SMILES string of the molecule is CC=CC(=O)OC(O)CCC(F)(F)C(F)(F)CCCO. The Hall–Kier alpha value is -1.15. The maximum Gasteiger partial charge on any atom is 0.332 e. The molecule has 0 amide bonds. The number of alkyl halides is 4. The number of hydrogen-bond donors (Lipinski definition) is 2. The molecule has 0 aromatic rings. The van der Waals surface area contributed by atoms with Crippen LogP contribution in [-0.4, -0.2) is 40.9 Å². The third kappa shape index (κ3) is 6.33. The molecule has 1 atom stereocenters. The minimum atomic E-state index is -4.35. The number of ether oxygens (including phenoxy) is 1. The summed E-state index contributed by atoms with van der Waals surface area (Å²) in [6.07, 6.45) is -3.38. The van der Waals surface area contributed by atoms with Crippen molar-refractivity contribution < 1.29 is 37.3 Å². The molecule has 0 saturated carbocycles. The van der Waals surface area contributed by atoms with Gasteiger partial charge in [-0.05, 0) is 13.3 Å². The van der Waals surface area contributed by atoms with Crippen molar-refractivity contribution in [2.45, 2.75) is 50.7 Å². The Morgan fingerprint density at radius 2 is 1.80 bits per heavy atom. The van der Waals surface area contributed by atoms with Crippen LogP contribution in [0.2, 0.25) is 0 Å². The Balaban J connectivity index is 4.36. The summed E-state index contributed by atoms with van der Waals surface area (Å²) < 4.78 is 57.2. The van der Waals surface area contributed by atoms with Crippen LogP contribution < -0.4 is 0 Å². The number of carbonyl (C=O) groups is 1. The molecule has 0 aliphatic carbocycles. The number of carbonyl (C=O) groups excluding carboxylic acids is 1. The van der Waals surface area contributed by atoms with Gasteiger partial charge in [-0.3, -0.25) is 0 Å². The van der Waals surface area contributed by atoms with Gasteiger partial charge in [-0.1, -0.05) is 6.08 Å². The largest absolute Gasteiger partial charge is 0.433 e. The first kappa shape index (κ1) is 18.9. The first-order valence-electron chi connectivity index (χ1n) is 6.04. The van der Waals surface area contributed by atoms with Gasteiger partial charge in [0.15, 0.2) is 0 Å². The number of esters is 1. The van der Waals surface area contributed by atoms with E-state index in [0.717, 1.165) is 6.08 Å². The minimum absolute atomic E-state index is 0.457. The van der Waals surface area contributed by atoms with E-state index in [1.54, 1.807) is 0 Å². The molecule has 0 bridgehead atoms. The summed E-state index contributed by atoms with van der Waals surface area (Å²) in [6, 6.07) is 0. The molecule has 0 aliphatic rings. The van der Waals surface area contributed by atoms with Crippen molar-refractivity contribution in [2.75, 3.05) is 6.61 Å². The van der Waals surface area contributed by atoms with Crippen molar-refractivity contribution in [3.63, 3.8) is 0 Å². The summed E-state index contributed by atoms with van der Waals surface area (Å²) in [5.74, 6) is -9.59. The topological polar surface area (TPSA) is 66.8 Å². The van der Waals surface area contributed by atoms with Crippen LogP contribution in [0.5, 0.6) is 0 Å². The van der Waals surface area contributed by atoms with Gasteiger partial charge in [0.1, 0.15) is 0 Å². The fourth-order valence-corrected chi connectivity index (χ4v) is 1.34. The molecule has 0 radical (unpaired) electrons. The summed E-state index contributed by atoms with van der Waals surface area (Å²) >= 11 is 0. The van der Waals surface area contributed by atoms with Crippen LogP contribution in [0.25, 0.3) is 0 Å². The smallest absolute Gasteiger partial charge is 0.332 e. The highest BCUT2D eigenvalue weighted by Gasteiger charge is 2.54. The lowest BCUT2D eigenvalue weighted by atomic mass is 10.0. The van der Waals surface area contributed by atoms with Crippen LogP contribution in [0.15, 0.2) is 12.2 Å². The van der Waals surface area contributed by atoms with Gasteiger partial charge in [-0.2, -0.15) is 17.6 Å². The lowest BCUT2D eigenvalue weighted by Gasteiger charge is -2.27. The van der Waals surface area contributed by atoms with Crippen LogP contribution in [0, 0.1) is 0 Å². The molecule has 0 aromatic heterocycles. The molecule has 4 nitrogen and oxygen atoms in total. The van der Waals surface area contributed by atoms with Gasteiger partial charge >= 0.3 is 17.8 Å². The first-order valence-corrected chi connectivity index (χ1v) is 6.04. The van der Waals surface area contributed by atoms with Crippen LogP contribution in [0.4, 0.5) is 17.6 Å². The fourth-order valence-electron chi connectivity index (χ4n) is 1.34. The Morgan fingerprint density at radius 1 is 1.25 bits per heavy atom. The Kier molecular flexibility index (Phi) is 7.74. The van der Waals surface area contributed by atoms with Gasteiger partial charge in [-0.15, -0.1) is 0 Å². The number of aliphatic hydroxyl groups excluding tert-OH is 2. The zero-order valence-electron chi connectivity index (χ0n) is 11.0. The lowest BCUT2D eigenvalue weighted by molar-refractivity contribution is -0.223. The van der Waals surface area contributed by atoms with Gasteiger partial charge in [0.2, 0.25) is 6.29 Å². The normalized spacial score (nSPS) is 14.6. The lowest BCUT2D eigenvalue weighted by Crippen LogP contribution is -2.41. The molecule has 0 aromatic carbocycles. The van der Waals surface area contributed by atoms with Crippen molar-refractivity contribution >= 4 is 5.97 Å². The molecular formula is C12H18F4O4. The Morgan fingerprint density at radius 3 is 2.30 bits per heavy atom. The summed E-state index contributed by atoms with van der Waals surface area (Å²) in [4.78, 5) is 10.9. The zero-order chi connectivity index (χ0) is 15.8. The van der Waals surface area contributed by atoms with E-state index in [1.807, 2.05) is 0 Å². The molecule has 118 valence electrons. The molecule has 8 heteroatoms. The highest BCUT2D eigenvalue weighted by molar-refractivity contribution is 5.81. The third-order valence-electron chi connectivity index (χ3n) is 2.44. The maximum atomic E-state index is 13.3. The average Bonchev–Trinajstić information content (AvgIpc) is 2.34. The number of rotatable bonds is 9. The van der Waals surface area contributed by atoms with Gasteiger partial charge in [0, 0.05) is 31.9 Å². The van der Waals surface area contributed by atoms with E-state index < -0.39 is 56.4 Å². The van der Waals surface area contributed by atoms with E-state index in [1.165, 1.54) is 13.0 Å². The molecule has 0 saturated heterocycles. The Bertz CT molecular complexity index is 331. The maximum absolute atomic E-state index is 13.3. The zero-order valence-corrected chi connectivity index (χ0v) is 11.0. The van der Waals surface area contributed by atoms with Crippen LogP contribution in [0.3, 0.4) is 0 Å². The highest BCUT2D eigenvalue weighted by Crippen LogP contribution is 2.41. The van der Waals surface area contributed by atoms with Gasteiger partial charge in [0.05, 0.1) is 0 Å². The molecule has 0 aliphatic heterocycles. The van der Waals surface area contributed by atoms with E-state index in [-0.39, 0.29) is 0 Å². The second-order valence-corrected chi connectivity index (χ2v) is 4.17. The van der Waals surface area contributed by atoms with Gasteiger partial charge in [0.25, 0.3) is 0 Å². The van der Waals surface area contributed by atoms with Crippen LogP contribution in [-0.2, 0) is 9.53 Å². The quantitative estimate of drug-likeness (QED) is 0.297. The van der Waals surface area contributed by atoms with E-state index in [9.17, 15) is 22.4 Å². The predicted molar refractivity (Wildman–Crippen MR) is 62.4 cm³/mol. The van der Waals surface area contributed by atoms with Crippen molar-refractivity contribution in [3.05, 3.63) is 12.2 Å². The summed E-state index contributed by atoms with van der Waals surface area (Å²) in [7, 11) is 0. The number of halogens is 4. The highest BCUT2D eigenvalue weighted by atomic mass is 19.3. The second-order valence-electron chi connectivity index (χ2n) is 4.17. The molecule has 0 spiro atoms. The number of hydrogen-bond acceptors (Lipinski definition) is 4. The molecular weight excluding hydrogens is 284 g/mol. The third-order valence-corrected chi connectivity index (χ3v) is 2.44. The van der Waals surface area contributed by atoms with Crippen LogP contribution in [0.1, 0.15) is 32.6 Å². The van der Waals surface area contributed by atoms with Crippen LogP contribution >= 0.6 is 0 Å². The molecule has 20 heavy (non-hydrogen) atoms. The van der Waals surface area contributed by atoms with Crippen molar-refractivity contribution in [1.29, 1.82) is 0 Å². The molecule has 1 unspecified atom stereocenters. The molecule has 0 fully saturated rings. The van der Waals surface area contributed by atoms with E-state index in [0.29, 0.717) is 0 Å². The summed E-state index contributed by atoms with van der Waals surface area (Å²) in [5.41, 5.74) is 0. The van der Waals surface area contributed by atoms with Gasteiger partial charge < -0.3 is 14.9 Å². The monoisotopic (exact) mass is 302 g/mol. The fraction of sp³-hybridized carbons (Fsp3) is 0.750. The molecule has 0 rings (SSSR count). The minimum Gasteiger partial charge on any atom is -0.433 e. The second kappa shape index (κ2) is 8.21. The van der Waals surface area contributed by atoms with Crippen molar-refractivity contribution in [1.82, 2.24) is 0 Å². The first-order chi connectivity index (χ1) is 9.16. The summed E-state index contributed by atoms with van der Waals surface area (Å²) in [5, 5.41) is 17.5. The van der Waals surface area contributed by atoms with Gasteiger partial charge in [-0.25, -0.2) is 4.79 Å². The number of allylic oxidation sites excluding steroid dienone is 1. The summed E-state index contributed by atoms with van der Waals surface area (Å²) in [6.45, 7) is 0.888. The van der Waals surface area contributed by atoms with E-state index in [2.05, 4.69) is 4.74 Å². The molecule has 0 heterocycles. The number of aliphatic hydroxyl groups is 2. The van der Waals surface area contributed by atoms with Crippen molar-refractivity contribution in [2.24, 2.45) is 0 Å². The Labute approximate surface area is 114 Å². The molecule has 2 N–H and O–H groups in total. The van der Waals surface area contributed by atoms with E-state index >= 15 is 0 Å². The van der Waals surface area contributed by atoms with Crippen molar-refractivity contribution in [3.8, 4) is 0 Å². The average molecular weight is 302 g/mol. The predicted octanol–water partition coefficient (Wildman–Crippen LogP) is 2.25.